The Morgan fingerprint density at radius 1 is 1.00 bits per heavy atom. The molecular formula is C16H21N3O2. The van der Waals surface area contributed by atoms with Crippen molar-refractivity contribution in [2.24, 2.45) is 0 Å². The highest BCUT2D eigenvalue weighted by Crippen LogP contribution is 2.35. The number of pyridine rings is 1. The maximum Gasteiger partial charge on any atom is 0.161 e. The summed E-state index contributed by atoms with van der Waals surface area (Å²) in [5.41, 5.74) is 6.14. The molecule has 2 heterocycles. The van der Waals surface area contributed by atoms with Crippen LogP contribution in [0.25, 0.3) is 10.8 Å². The Bertz CT molecular complexity index is 652. The second-order valence-electron chi connectivity index (χ2n) is 5.34. The second kappa shape index (κ2) is 5.68. The second-order valence-corrected chi connectivity index (χ2v) is 5.34. The Kier molecular flexibility index (Phi) is 3.73. The van der Waals surface area contributed by atoms with Gasteiger partial charge in [0.05, 0.1) is 14.2 Å². The molecule has 1 aliphatic heterocycles. The number of fused-ring (bicyclic) bond motifs is 1. The van der Waals surface area contributed by atoms with E-state index in [2.05, 4.69) is 16.0 Å². The third-order valence-electron chi connectivity index (χ3n) is 4.03. The smallest absolute Gasteiger partial charge is 0.161 e. The normalized spacial score (nSPS) is 15.2. The Balaban J connectivity index is 2.09. The Morgan fingerprint density at radius 2 is 1.67 bits per heavy atom. The number of rotatable bonds is 3. The first-order chi connectivity index (χ1) is 10.2. The van der Waals surface area contributed by atoms with E-state index in [0.29, 0.717) is 17.3 Å². The molecule has 5 heteroatoms. The minimum atomic E-state index is 0.536. The predicted octanol–water partition coefficient (Wildman–Crippen LogP) is 2.82. The lowest BCUT2D eigenvalue weighted by Crippen LogP contribution is -2.30. The Morgan fingerprint density at radius 3 is 2.33 bits per heavy atom. The van der Waals surface area contributed by atoms with Crippen molar-refractivity contribution in [2.45, 2.75) is 19.3 Å². The first-order valence-electron chi connectivity index (χ1n) is 7.30. The number of nitrogen functional groups attached to an aromatic ring is 1. The molecule has 0 saturated carbocycles. The van der Waals surface area contributed by atoms with Gasteiger partial charge >= 0.3 is 0 Å². The predicted molar refractivity (Wildman–Crippen MR) is 85.3 cm³/mol. The van der Waals surface area contributed by atoms with E-state index < -0.39 is 0 Å². The van der Waals surface area contributed by atoms with Gasteiger partial charge in [0, 0.05) is 18.5 Å². The van der Waals surface area contributed by atoms with Crippen LogP contribution in [0.4, 0.5) is 11.6 Å². The van der Waals surface area contributed by atoms with Crippen LogP contribution in [-0.2, 0) is 0 Å². The van der Waals surface area contributed by atoms with Crippen LogP contribution < -0.4 is 20.1 Å². The van der Waals surface area contributed by atoms with E-state index in [-0.39, 0.29) is 0 Å². The van der Waals surface area contributed by atoms with Crippen LogP contribution in [0.3, 0.4) is 0 Å². The van der Waals surface area contributed by atoms with E-state index >= 15 is 0 Å². The summed E-state index contributed by atoms with van der Waals surface area (Å²) in [5.74, 6) is 2.87. The average molecular weight is 287 g/mol. The summed E-state index contributed by atoms with van der Waals surface area (Å²) in [6.07, 6.45) is 3.72. The van der Waals surface area contributed by atoms with E-state index in [9.17, 15) is 0 Å². The molecule has 0 atom stereocenters. The first-order valence-corrected chi connectivity index (χ1v) is 7.30. The Hall–Kier alpha value is -2.17. The van der Waals surface area contributed by atoms with E-state index in [1.54, 1.807) is 14.2 Å². The van der Waals surface area contributed by atoms with Crippen LogP contribution in [0.15, 0.2) is 18.2 Å². The maximum absolute atomic E-state index is 6.14. The highest BCUT2D eigenvalue weighted by atomic mass is 16.5. The summed E-state index contributed by atoms with van der Waals surface area (Å²) in [6.45, 7) is 2.09. The van der Waals surface area contributed by atoms with E-state index in [1.807, 2.05) is 12.1 Å². The van der Waals surface area contributed by atoms with Crippen LogP contribution in [0.1, 0.15) is 19.3 Å². The number of hydrogen-bond acceptors (Lipinski definition) is 5. The van der Waals surface area contributed by atoms with Gasteiger partial charge in [-0.05, 0) is 42.8 Å². The van der Waals surface area contributed by atoms with Crippen molar-refractivity contribution in [3.63, 3.8) is 0 Å². The average Bonchev–Trinajstić information content (AvgIpc) is 2.54. The van der Waals surface area contributed by atoms with Gasteiger partial charge in [0.1, 0.15) is 11.6 Å². The zero-order valence-electron chi connectivity index (χ0n) is 12.6. The number of ether oxygens (including phenoxy) is 2. The number of anilines is 2. The quantitative estimate of drug-likeness (QED) is 0.940. The molecule has 112 valence electrons. The summed E-state index contributed by atoms with van der Waals surface area (Å²) < 4.78 is 10.7. The third kappa shape index (κ3) is 2.55. The third-order valence-corrected chi connectivity index (χ3v) is 4.03. The zero-order chi connectivity index (χ0) is 14.8. The Labute approximate surface area is 124 Å². The van der Waals surface area contributed by atoms with E-state index in [4.69, 9.17) is 15.2 Å². The van der Waals surface area contributed by atoms with E-state index in [0.717, 1.165) is 29.7 Å². The lowest BCUT2D eigenvalue weighted by molar-refractivity contribution is 0.356. The van der Waals surface area contributed by atoms with Crippen LogP contribution in [0, 0.1) is 0 Å². The topological polar surface area (TPSA) is 60.6 Å². The fourth-order valence-electron chi connectivity index (χ4n) is 2.88. The molecule has 0 aliphatic carbocycles. The van der Waals surface area contributed by atoms with Crippen molar-refractivity contribution < 1.29 is 9.47 Å². The van der Waals surface area contributed by atoms with Crippen LogP contribution in [0.5, 0.6) is 11.5 Å². The standard InChI is InChI=1S/C16H21N3O2/c1-20-13-8-11-9-15(19-6-4-3-5-7-19)18-16(17)12(11)10-14(13)21-2/h8-10H,3-7H2,1-2H3,(H2,17,18). The molecule has 2 N–H and O–H groups in total. The van der Waals surface area contributed by atoms with Gasteiger partial charge in [-0.15, -0.1) is 0 Å². The van der Waals surface area contributed by atoms with Crippen molar-refractivity contribution in [3.8, 4) is 11.5 Å². The van der Waals surface area contributed by atoms with Gasteiger partial charge in [-0.3, -0.25) is 0 Å². The highest BCUT2D eigenvalue weighted by molar-refractivity contribution is 5.95. The molecule has 0 bridgehead atoms. The van der Waals surface area contributed by atoms with Gasteiger partial charge in [0.2, 0.25) is 0 Å². The molecular weight excluding hydrogens is 266 g/mol. The monoisotopic (exact) mass is 287 g/mol. The number of hydrogen-bond donors (Lipinski definition) is 1. The molecule has 5 nitrogen and oxygen atoms in total. The van der Waals surface area contributed by atoms with Gasteiger partial charge in [0.25, 0.3) is 0 Å². The minimum Gasteiger partial charge on any atom is -0.493 e. The minimum absolute atomic E-state index is 0.536. The number of methoxy groups -OCH3 is 2. The molecule has 0 radical (unpaired) electrons. The van der Waals surface area contributed by atoms with Gasteiger partial charge in [-0.1, -0.05) is 0 Å². The van der Waals surface area contributed by atoms with Crippen molar-refractivity contribution in [3.05, 3.63) is 18.2 Å². The largest absolute Gasteiger partial charge is 0.493 e. The molecule has 0 unspecified atom stereocenters. The molecule has 3 rings (SSSR count). The first kappa shape index (κ1) is 13.8. The van der Waals surface area contributed by atoms with Crippen LogP contribution in [-0.4, -0.2) is 32.3 Å². The summed E-state index contributed by atoms with van der Waals surface area (Å²) in [6, 6.07) is 5.93. The lowest BCUT2D eigenvalue weighted by atomic mass is 10.1. The fourth-order valence-corrected chi connectivity index (χ4v) is 2.88. The molecule has 0 spiro atoms. The van der Waals surface area contributed by atoms with Crippen molar-refractivity contribution >= 4 is 22.4 Å². The summed E-state index contributed by atoms with van der Waals surface area (Å²) in [4.78, 5) is 6.86. The number of nitrogens with two attached hydrogens (primary N) is 1. The zero-order valence-corrected chi connectivity index (χ0v) is 12.6. The maximum atomic E-state index is 6.14. The number of nitrogens with zero attached hydrogens (tertiary/aromatic N) is 2. The van der Waals surface area contributed by atoms with E-state index in [1.165, 1.54) is 19.3 Å². The van der Waals surface area contributed by atoms with Crippen LogP contribution >= 0.6 is 0 Å². The van der Waals surface area contributed by atoms with Crippen LogP contribution in [0.2, 0.25) is 0 Å². The molecule has 1 saturated heterocycles. The van der Waals surface area contributed by atoms with Crippen molar-refractivity contribution in [2.75, 3.05) is 37.9 Å². The van der Waals surface area contributed by atoms with Gasteiger partial charge < -0.3 is 20.1 Å². The highest BCUT2D eigenvalue weighted by Gasteiger charge is 2.15. The molecule has 1 aromatic heterocycles. The summed E-state index contributed by atoms with van der Waals surface area (Å²) in [7, 11) is 3.26. The molecule has 1 aromatic carbocycles. The molecule has 1 aliphatic rings. The number of piperidine rings is 1. The number of aromatic nitrogens is 1. The summed E-state index contributed by atoms with van der Waals surface area (Å²) in [5, 5.41) is 1.93. The summed E-state index contributed by atoms with van der Waals surface area (Å²) >= 11 is 0. The van der Waals surface area contributed by atoms with Gasteiger partial charge in [-0.25, -0.2) is 4.98 Å². The fraction of sp³-hybridized carbons (Fsp3) is 0.438. The van der Waals surface area contributed by atoms with Crippen molar-refractivity contribution in [1.29, 1.82) is 0 Å². The number of benzene rings is 1. The molecule has 0 amide bonds. The molecule has 2 aromatic rings. The lowest BCUT2D eigenvalue weighted by Gasteiger charge is -2.28. The molecule has 1 fully saturated rings. The van der Waals surface area contributed by atoms with Gasteiger partial charge in [0.15, 0.2) is 11.5 Å². The molecule has 21 heavy (non-hydrogen) atoms. The van der Waals surface area contributed by atoms with Gasteiger partial charge in [-0.2, -0.15) is 0 Å². The SMILES string of the molecule is COc1cc2cc(N3CCCCC3)nc(N)c2cc1OC. The van der Waals surface area contributed by atoms with Crippen molar-refractivity contribution in [1.82, 2.24) is 4.98 Å².